The van der Waals surface area contributed by atoms with Crippen LogP contribution in [0.2, 0.25) is 0 Å². The maximum atomic E-state index is 6.84. The molecule has 2 nitrogen and oxygen atoms in total. The lowest BCUT2D eigenvalue weighted by atomic mass is 9.63. The molecule has 0 bridgehead atoms. The van der Waals surface area contributed by atoms with Crippen LogP contribution in [0.5, 0.6) is 0 Å². The van der Waals surface area contributed by atoms with Crippen LogP contribution in [-0.2, 0) is 4.74 Å². The maximum absolute atomic E-state index is 6.84. The molecule has 2 heterocycles. The Morgan fingerprint density at radius 3 is 1.91 bits per heavy atom. The van der Waals surface area contributed by atoms with Gasteiger partial charge in [-0.1, -0.05) is 44.9 Å². The van der Waals surface area contributed by atoms with Crippen LogP contribution in [0.15, 0.2) is 0 Å². The van der Waals surface area contributed by atoms with E-state index in [2.05, 4.69) is 4.90 Å². The highest BCUT2D eigenvalue weighted by atomic mass is 16.5. The minimum atomic E-state index is 0.263. The van der Waals surface area contributed by atoms with Crippen molar-refractivity contribution in [3.05, 3.63) is 0 Å². The van der Waals surface area contributed by atoms with Crippen LogP contribution >= 0.6 is 0 Å². The van der Waals surface area contributed by atoms with Gasteiger partial charge >= 0.3 is 0 Å². The van der Waals surface area contributed by atoms with E-state index < -0.39 is 0 Å². The molecule has 0 radical (unpaired) electrons. The largest absolute Gasteiger partial charge is 0.359 e. The van der Waals surface area contributed by atoms with E-state index in [1.165, 1.54) is 96.4 Å². The van der Waals surface area contributed by atoms with Crippen molar-refractivity contribution in [2.45, 2.75) is 102 Å². The van der Waals surface area contributed by atoms with E-state index in [0.717, 1.165) is 24.6 Å². The number of hydrogen-bond donors (Lipinski definition) is 0. The number of rotatable bonds is 2. The Labute approximate surface area is 137 Å². The minimum Gasteiger partial charge on any atom is -0.359 e. The summed E-state index contributed by atoms with van der Waals surface area (Å²) < 4.78 is 6.84. The van der Waals surface area contributed by atoms with Gasteiger partial charge in [0.2, 0.25) is 0 Å². The third kappa shape index (κ3) is 2.86. The van der Waals surface area contributed by atoms with E-state index in [1.54, 1.807) is 0 Å². The van der Waals surface area contributed by atoms with Crippen molar-refractivity contribution in [2.24, 2.45) is 11.8 Å². The summed E-state index contributed by atoms with van der Waals surface area (Å²) in [5.41, 5.74) is 0.263. The highest BCUT2D eigenvalue weighted by molar-refractivity contribution is 5.01. The molecule has 0 aromatic rings. The Hall–Kier alpha value is -0.0800. The van der Waals surface area contributed by atoms with Gasteiger partial charge in [-0.05, 0) is 56.8 Å². The fraction of sp³-hybridized carbons (Fsp3) is 1.00. The molecule has 126 valence electrons. The van der Waals surface area contributed by atoms with Crippen molar-refractivity contribution < 1.29 is 4.74 Å². The molecular weight excluding hydrogens is 270 g/mol. The van der Waals surface area contributed by atoms with Crippen LogP contribution in [-0.4, -0.2) is 29.8 Å². The van der Waals surface area contributed by atoms with Crippen LogP contribution in [0.25, 0.3) is 0 Å². The summed E-state index contributed by atoms with van der Waals surface area (Å²) in [4.78, 5) is 2.66. The average Bonchev–Trinajstić information content (AvgIpc) is 2.63. The molecule has 2 aliphatic carbocycles. The molecule has 4 fully saturated rings. The lowest BCUT2D eigenvalue weighted by Gasteiger charge is -2.56. The monoisotopic (exact) mass is 305 g/mol. The highest BCUT2D eigenvalue weighted by Crippen LogP contribution is 2.50. The molecule has 2 saturated heterocycles. The zero-order chi connectivity index (χ0) is 14.8. The summed E-state index contributed by atoms with van der Waals surface area (Å²) in [6.45, 7) is 2.23. The van der Waals surface area contributed by atoms with Crippen molar-refractivity contribution in [1.29, 1.82) is 0 Å². The number of nitrogens with zero attached hydrogens (tertiary/aromatic N) is 1. The van der Waals surface area contributed by atoms with Gasteiger partial charge in [0.1, 0.15) is 6.73 Å². The smallest absolute Gasteiger partial charge is 0.100 e. The second-order valence-electron chi connectivity index (χ2n) is 8.56. The molecule has 2 saturated carbocycles. The van der Waals surface area contributed by atoms with Crippen LogP contribution in [0.3, 0.4) is 0 Å². The normalized spacial score (nSPS) is 35.2. The topological polar surface area (TPSA) is 12.5 Å². The van der Waals surface area contributed by atoms with Gasteiger partial charge in [0.05, 0.1) is 5.60 Å². The fourth-order valence-corrected chi connectivity index (χ4v) is 6.18. The van der Waals surface area contributed by atoms with Gasteiger partial charge in [0.15, 0.2) is 0 Å². The summed E-state index contributed by atoms with van der Waals surface area (Å²) in [5, 5.41) is 0. The molecular formula is C20H35NO. The lowest BCUT2D eigenvalue weighted by molar-refractivity contribution is -0.225. The van der Waals surface area contributed by atoms with E-state index in [0.29, 0.717) is 0 Å². The van der Waals surface area contributed by atoms with Crippen molar-refractivity contribution in [3.63, 3.8) is 0 Å². The standard InChI is InChI=1S/C20H35NO/c1-3-9-17(10-4-1)20(18-11-5-2-6-12-18)15-19-13-7-8-14-21(19)16-22-20/h17-19H,1-16H2. The Morgan fingerprint density at radius 1 is 0.682 bits per heavy atom. The first kappa shape index (κ1) is 15.4. The van der Waals surface area contributed by atoms with E-state index in [4.69, 9.17) is 4.74 Å². The molecule has 2 heteroatoms. The molecule has 0 N–H and O–H groups in total. The second-order valence-corrected chi connectivity index (χ2v) is 8.56. The van der Waals surface area contributed by atoms with Crippen molar-refractivity contribution in [3.8, 4) is 0 Å². The van der Waals surface area contributed by atoms with Crippen LogP contribution in [0, 0.1) is 11.8 Å². The summed E-state index contributed by atoms with van der Waals surface area (Å²) in [5.74, 6) is 1.74. The van der Waals surface area contributed by atoms with E-state index in [9.17, 15) is 0 Å². The number of ether oxygens (including phenoxy) is 1. The van der Waals surface area contributed by atoms with Crippen LogP contribution in [0.4, 0.5) is 0 Å². The van der Waals surface area contributed by atoms with Crippen molar-refractivity contribution in [1.82, 2.24) is 4.90 Å². The maximum Gasteiger partial charge on any atom is 0.100 e. The van der Waals surface area contributed by atoms with Gasteiger partial charge in [-0.25, -0.2) is 0 Å². The molecule has 1 unspecified atom stereocenters. The minimum absolute atomic E-state index is 0.263. The summed E-state index contributed by atoms with van der Waals surface area (Å²) in [6, 6.07) is 0.839. The summed E-state index contributed by atoms with van der Waals surface area (Å²) in [7, 11) is 0. The molecule has 1 atom stereocenters. The quantitative estimate of drug-likeness (QED) is 0.702. The first-order chi connectivity index (χ1) is 10.9. The summed E-state index contributed by atoms with van der Waals surface area (Å²) >= 11 is 0. The van der Waals surface area contributed by atoms with Crippen LogP contribution in [0.1, 0.15) is 89.9 Å². The zero-order valence-electron chi connectivity index (χ0n) is 14.4. The Balaban J connectivity index is 1.57. The molecule has 22 heavy (non-hydrogen) atoms. The number of piperidine rings is 1. The van der Waals surface area contributed by atoms with Gasteiger partial charge < -0.3 is 4.74 Å². The van der Waals surface area contributed by atoms with E-state index in [1.807, 2.05) is 0 Å². The zero-order valence-corrected chi connectivity index (χ0v) is 14.4. The molecule has 0 spiro atoms. The molecule has 0 amide bonds. The van der Waals surface area contributed by atoms with E-state index >= 15 is 0 Å². The Morgan fingerprint density at radius 2 is 1.27 bits per heavy atom. The predicted octanol–water partition coefficient (Wildman–Crippen LogP) is 5.12. The SMILES string of the molecule is C1CCC(C2(C3CCCCC3)CC3CCCCN3CO2)CC1. The van der Waals surface area contributed by atoms with Gasteiger partial charge in [-0.15, -0.1) is 0 Å². The highest BCUT2D eigenvalue weighted by Gasteiger charge is 2.51. The van der Waals surface area contributed by atoms with Crippen LogP contribution < -0.4 is 0 Å². The number of fused-ring (bicyclic) bond motifs is 1. The second kappa shape index (κ2) is 6.81. The van der Waals surface area contributed by atoms with Gasteiger partial charge in [-0.3, -0.25) is 4.90 Å². The third-order valence-electron chi connectivity index (χ3n) is 7.40. The first-order valence-electron chi connectivity index (χ1n) is 10.3. The molecule has 4 aliphatic rings. The van der Waals surface area contributed by atoms with E-state index in [-0.39, 0.29) is 5.60 Å². The Bertz CT molecular complexity index is 339. The Kier molecular flexibility index (Phi) is 4.78. The fourth-order valence-electron chi connectivity index (χ4n) is 6.18. The van der Waals surface area contributed by atoms with Gasteiger partial charge in [0, 0.05) is 12.6 Å². The first-order valence-corrected chi connectivity index (χ1v) is 10.3. The molecule has 0 aromatic carbocycles. The van der Waals surface area contributed by atoms with Gasteiger partial charge in [-0.2, -0.15) is 0 Å². The average molecular weight is 306 g/mol. The van der Waals surface area contributed by atoms with Gasteiger partial charge in [0.25, 0.3) is 0 Å². The molecule has 4 rings (SSSR count). The third-order valence-corrected chi connectivity index (χ3v) is 7.40. The molecule has 2 aliphatic heterocycles. The number of hydrogen-bond acceptors (Lipinski definition) is 2. The lowest BCUT2D eigenvalue weighted by Crippen LogP contribution is -2.60. The summed E-state index contributed by atoms with van der Waals surface area (Å²) in [6.07, 6.45) is 20.2. The van der Waals surface area contributed by atoms with Crippen molar-refractivity contribution in [2.75, 3.05) is 13.3 Å². The predicted molar refractivity (Wildman–Crippen MR) is 90.8 cm³/mol. The molecule has 0 aromatic heterocycles. The van der Waals surface area contributed by atoms with Crippen molar-refractivity contribution >= 4 is 0 Å².